The summed E-state index contributed by atoms with van der Waals surface area (Å²) in [6.07, 6.45) is -3.68. The number of hydrogen-bond acceptors (Lipinski definition) is 5. The maximum absolute atomic E-state index is 12.9. The maximum atomic E-state index is 12.9. The highest BCUT2D eigenvalue weighted by Crippen LogP contribution is 2.32. The topological polar surface area (TPSA) is 94.0 Å². The second-order valence-corrected chi connectivity index (χ2v) is 6.66. The number of carbonyl (C=O) groups is 1. The first-order valence-corrected chi connectivity index (χ1v) is 9.22. The van der Waals surface area contributed by atoms with E-state index in [0.29, 0.717) is 16.6 Å². The van der Waals surface area contributed by atoms with Gasteiger partial charge >= 0.3 is 12.2 Å². The lowest BCUT2D eigenvalue weighted by molar-refractivity contribution is -0.141. The molecule has 2 amide bonds. The molecule has 0 aliphatic heterocycles. The zero-order valence-corrected chi connectivity index (χ0v) is 17.0. The Balaban J connectivity index is 1.93. The number of aromatic nitrogens is 4. The molecule has 12 heteroatoms. The van der Waals surface area contributed by atoms with Gasteiger partial charge in [0.1, 0.15) is 11.0 Å². The standard InChI is InChI=1S/C18H18ClF3N6O2/c1-4-28-14(7-12(27-28)18(20,21)22)26-17(29)24-11-8-23-10-5-6-13(19)25-16(10)15(11)9(2)30-3/h5-9H,4H2,1-3H3,(H2,24,26,29). The van der Waals surface area contributed by atoms with Crippen LogP contribution in [0.1, 0.15) is 31.2 Å². The predicted octanol–water partition coefficient (Wildman–Crippen LogP) is 4.87. The summed E-state index contributed by atoms with van der Waals surface area (Å²) in [6.45, 7) is 3.50. The fourth-order valence-electron chi connectivity index (χ4n) is 2.86. The van der Waals surface area contributed by atoms with Gasteiger partial charge in [-0.05, 0) is 26.0 Å². The number of amides is 2. The van der Waals surface area contributed by atoms with Crippen LogP contribution in [0.4, 0.5) is 29.5 Å². The van der Waals surface area contributed by atoms with Crippen molar-refractivity contribution in [2.75, 3.05) is 17.7 Å². The van der Waals surface area contributed by atoms with Crippen molar-refractivity contribution < 1.29 is 22.7 Å². The summed E-state index contributed by atoms with van der Waals surface area (Å²) in [5.74, 6) is -0.0985. The Labute approximate surface area is 174 Å². The van der Waals surface area contributed by atoms with Crippen LogP contribution in [0.25, 0.3) is 11.0 Å². The highest BCUT2D eigenvalue weighted by atomic mass is 35.5. The minimum absolute atomic E-state index is 0.0985. The molecule has 1 unspecified atom stereocenters. The lowest BCUT2D eigenvalue weighted by Crippen LogP contribution is -2.23. The highest BCUT2D eigenvalue weighted by Gasteiger charge is 2.35. The third kappa shape index (κ3) is 4.46. The van der Waals surface area contributed by atoms with Gasteiger partial charge in [0.15, 0.2) is 5.69 Å². The summed E-state index contributed by atoms with van der Waals surface area (Å²) in [6, 6.07) is 3.26. The van der Waals surface area contributed by atoms with Crippen molar-refractivity contribution >= 4 is 40.2 Å². The number of alkyl halides is 3. The fraction of sp³-hybridized carbons (Fsp3) is 0.333. The van der Waals surface area contributed by atoms with E-state index in [1.807, 2.05) is 0 Å². The molecule has 3 aromatic heterocycles. The quantitative estimate of drug-likeness (QED) is 0.550. The molecule has 1 atom stereocenters. The van der Waals surface area contributed by atoms with Gasteiger partial charge in [-0.1, -0.05) is 11.6 Å². The molecule has 30 heavy (non-hydrogen) atoms. The van der Waals surface area contributed by atoms with Crippen molar-refractivity contribution in [1.82, 2.24) is 19.7 Å². The lowest BCUT2D eigenvalue weighted by atomic mass is 10.1. The van der Waals surface area contributed by atoms with Crippen LogP contribution in [-0.4, -0.2) is 32.9 Å². The van der Waals surface area contributed by atoms with Gasteiger partial charge in [0.25, 0.3) is 0 Å². The Kier molecular flexibility index (Phi) is 6.13. The molecule has 0 radical (unpaired) electrons. The van der Waals surface area contributed by atoms with Crippen molar-refractivity contribution in [3.63, 3.8) is 0 Å². The molecule has 8 nitrogen and oxygen atoms in total. The summed E-state index contributed by atoms with van der Waals surface area (Å²) in [4.78, 5) is 21.0. The third-order valence-electron chi connectivity index (χ3n) is 4.34. The molecule has 3 aromatic rings. The second kappa shape index (κ2) is 8.44. The smallest absolute Gasteiger partial charge is 0.377 e. The predicted molar refractivity (Wildman–Crippen MR) is 106 cm³/mol. The SMILES string of the molecule is CCn1nc(C(F)(F)F)cc1NC(=O)Nc1cnc2ccc(Cl)nc2c1C(C)OC. The zero-order valence-electron chi connectivity index (χ0n) is 16.2. The van der Waals surface area contributed by atoms with Crippen molar-refractivity contribution in [2.45, 2.75) is 32.7 Å². The lowest BCUT2D eigenvalue weighted by Gasteiger charge is -2.18. The molecule has 0 aromatic carbocycles. The Bertz CT molecular complexity index is 1090. The number of methoxy groups -OCH3 is 1. The largest absolute Gasteiger partial charge is 0.435 e. The average molecular weight is 443 g/mol. The summed E-state index contributed by atoms with van der Waals surface area (Å²) >= 11 is 6.00. The average Bonchev–Trinajstić information content (AvgIpc) is 3.10. The Morgan fingerprint density at radius 1 is 1.33 bits per heavy atom. The van der Waals surface area contributed by atoms with Gasteiger partial charge in [0.05, 0.1) is 29.0 Å². The van der Waals surface area contributed by atoms with E-state index in [2.05, 4.69) is 25.7 Å². The molecule has 3 heterocycles. The summed E-state index contributed by atoms with van der Waals surface area (Å²) in [7, 11) is 1.49. The van der Waals surface area contributed by atoms with Crippen molar-refractivity contribution in [3.8, 4) is 0 Å². The van der Waals surface area contributed by atoms with Gasteiger partial charge in [0.2, 0.25) is 0 Å². The van der Waals surface area contributed by atoms with Crippen molar-refractivity contribution in [3.05, 3.63) is 40.8 Å². The monoisotopic (exact) mass is 442 g/mol. The number of ether oxygens (including phenoxy) is 1. The van der Waals surface area contributed by atoms with Crippen molar-refractivity contribution in [1.29, 1.82) is 0 Å². The van der Waals surface area contributed by atoms with Gasteiger partial charge in [-0.3, -0.25) is 10.3 Å². The molecule has 0 bridgehead atoms. The van der Waals surface area contributed by atoms with E-state index >= 15 is 0 Å². The van der Waals surface area contributed by atoms with E-state index in [9.17, 15) is 18.0 Å². The first-order valence-electron chi connectivity index (χ1n) is 8.85. The second-order valence-electron chi connectivity index (χ2n) is 6.27. The third-order valence-corrected chi connectivity index (χ3v) is 4.55. The van der Waals surface area contributed by atoms with Gasteiger partial charge in [-0.2, -0.15) is 18.3 Å². The van der Waals surface area contributed by atoms with Crippen LogP contribution in [0.15, 0.2) is 24.4 Å². The van der Waals surface area contributed by atoms with Crippen molar-refractivity contribution in [2.24, 2.45) is 0 Å². The number of nitrogens with zero attached hydrogens (tertiary/aromatic N) is 4. The molecule has 0 aliphatic rings. The summed E-state index contributed by atoms with van der Waals surface area (Å²) < 4.78 is 45.2. The molecular weight excluding hydrogens is 425 g/mol. The van der Waals surface area contributed by atoms with Gasteiger partial charge < -0.3 is 10.1 Å². The molecule has 3 rings (SSSR count). The summed E-state index contributed by atoms with van der Waals surface area (Å²) in [5, 5.41) is 8.67. The number of rotatable bonds is 5. The summed E-state index contributed by atoms with van der Waals surface area (Å²) in [5.41, 5.74) is 0.693. The number of aryl methyl sites for hydroxylation is 1. The Morgan fingerprint density at radius 2 is 2.07 bits per heavy atom. The number of fused-ring (bicyclic) bond motifs is 1. The van der Waals surface area contributed by atoms with E-state index in [1.54, 1.807) is 26.0 Å². The number of anilines is 2. The number of carbonyl (C=O) groups excluding carboxylic acids is 1. The highest BCUT2D eigenvalue weighted by molar-refractivity contribution is 6.29. The van der Waals surface area contributed by atoms with Gasteiger partial charge in [-0.25, -0.2) is 14.5 Å². The molecule has 0 saturated carbocycles. The van der Waals surface area contributed by atoms with Crippen LogP contribution < -0.4 is 10.6 Å². The molecule has 0 spiro atoms. The van der Waals surface area contributed by atoms with E-state index in [1.165, 1.54) is 13.3 Å². The number of hydrogen-bond donors (Lipinski definition) is 2. The minimum Gasteiger partial charge on any atom is -0.377 e. The van der Waals surface area contributed by atoms with E-state index < -0.39 is 24.0 Å². The van der Waals surface area contributed by atoms with Crippen LogP contribution in [0, 0.1) is 0 Å². The van der Waals surface area contributed by atoms with E-state index in [0.717, 1.165) is 10.7 Å². The van der Waals surface area contributed by atoms with Crippen LogP contribution in [0.3, 0.4) is 0 Å². The Hall–Kier alpha value is -2.92. The number of pyridine rings is 2. The van der Waals surface area contributed by atoms with Crippen LogP contribution in [0.2, 0.25) is 5.15 Å². The van der Waals surface area contributed by atoms with E-state index in [4.69, 9.17) is 16.3 Å². The van der Waals surface area contributed by atoms with E-state index in [-0.39, 0.29) is 23.2 Å². The number of halogens is 4. The molecule has 0 fully saturated rings. The number of nitrogens with one attached hydrogen (secondary N) is 2. The zero-order chi connectivity index (χ0) is 22.1. The number of urea groups is 1. The maximum Gasteiger partial charge on any atom is 0.435 e. The first kappa shape index (κ1) is 21.8. The Morgan fingerprint density at radius 3 is 2.70 bits per heavy atom. The fourth-order valence-corrected chi connectivity index (χ4v) is 3.00. The van der Waals surface area contributed by atoms with Crippen LogP contribution in [-0.2, 0) is 17.5 Å². The minimum atomic E-state index is -4.62. The molecule has 0 aliphatic carbocycles. The van der Waals surface area contributed by atoms with Crippen LogP contribution in [0.5, 0.6) is 0 Å². The molecular formula is C18H18ClF3N6O2. The molecule has 160 valence electrons. The van der Waals surface area contributed by atoms with Gasteiger partial charge in [0, 0.05) is 25.3 Å². The molecule has 0 saturated heterocycles. The van der Waals surface area contributed by atoms with Gasteiger partial charge in [-0.15, -0.1) is 0 Å². The normalized spacial score (nSPS) is 12.8. The molecule has 2 N–H and O–H groups in total. The first-order chi connectivity index (χ1) is 14.1. The van der Waals surface area contributed by atoms with Crippen LogP contribution >= 0.6 is 11.6 Å².